The summed E-state index contributed by atoms with van der Waals surface area (Å²) in [6.07, 6.45) is -1.82. The number of aliphatic carboxylic acids is 1. The van der Waals surface area contributed by atoms with Gasteiger partial charge in [0, 0.05) is 23.3 Å². The highest BCUT2D eigenvalue weighted by Crippen LogP contribution is 2.25. The number of thiazole rings is 1. The van der Waals surface area contributed by atoms with Crippen LogP contribution in [0.2, 0.25) is 0 Å². The van der Waals surface area contributed by atoms with E-state index >= 15 is 0 Å². The predicted molar refractivity (Wildman–Crippen MR) is 127 cm³/mol. The molecular weight excluding hydrogens is 606 g/mol. The van der Waals surface area contributed by atoms with Gasteiger partial charge >= 0.3 is 12.1 Å². The van der Waals surface area contributed by atoms with Crippen LogP contribution in [0.1, 0.15) is 16.2 Å². The van der Waals surface area contributed by atoms with Gasteiger partial charge in [-0.3, -0.25) is 20.5 Å². The lowest BCUT2D eigenvalue weighted by Crippen LogP contribution is -2.23. The van der Waals surface area contributed by atoms with E-state index in [4.69, 9.17) is 9.90 Å². The van der Waals surface area contributed by atoms with Gasteiger partial charge in [0.15, 0.2) is 11.5 Å². The molecule has 0 aliphatic heterocycles. The van der Waals surface area contributed by atoms with Crippen molar-refractivity contribution >= 4 is 56.5 Å². The summed E-state index contributed by atoms with van der Waals surface area (Å²) < 4.78 is 50.0. The zero-order valence-electron chi connectivity index (χ0n) is 18.3. The molecule has 0 spiro atoms. The lowest BCUT2D eigenvalue weighted by Gasteiger charge is -2.04. The highest BCUT2D eigenvalue weighted by Gasteiger charge is 2.38. The Morgan fingerprint density at radius 3 is 2.42 bits per heavy atom. The summed E-state index contributed by atoms with van der Waals surface area (Å²) in [5.41, 5.74) is 3.09. The molecule has 0 radical (unpaired) electrons. The largest absolute Gasteiger partial charge is 0.490 e. The first-order valence-corrected chi connectivity index (χ1v) is 11.4. The Balaban J connectivity index is 0.000000505. The highest BCUT2D eigenvalue weighted by molar-refractivity contribution is 9.10. The average Bonchev–Trinajstić information content (AvgIpc) is 3.55. The molecule has 0 saturated carbocycles. The Kier molecular flexibility index (Phi) is 9.16. The van der Waals surface area contributed by atoms with E-state index in [1.807, 2.05) is 5.48 Å². The second-order valence-corrected chi connectivity index (χ2v) is 8.38. The molecule has 0 bridgehead atoms. The van der Waals surface area contributed by atoms with Crippen LogP contribution in [0.25, 0.3) is 10.6 Å². The maximum Gasteiger partial charge on any atom is 0.490 e. The van der Waals surface area contributed by atoms with Gasteiger partial charge in [-0.15, -0.1) is 11.3 Å². The smallest absolute Gasteiger partial charge is 0.475 e. The van der Waals surface area contributed by atoms with Crippen LogP contribution in [0.4, 0.5) is 29.1 Å². The van der Waals surface area contributed by atoms with Crippen molar-refractivity contribution in [2.75, 3.05) is 5.32 Å². The SMILES string of the molecule is O=C(Nc1nonc1C(=Nc1ccc(F)c(Br)c1)NO)c1csc(-c2ccncc2)n1.O=C(O)C(F)(F)F. The summed E-state index contributed by atoms with van der Waals surface area (Å²) in [4.78, 5) is 33.9. The number of rotatable bonds is 5. The number of pyridine rings is 1. The maximum atomic E-state index is 13.4. The number of amidine groups is 1. The fourth-order valence-corrected chi connectivity index (χ4v) is 3.59. The highest BCUT2D eigenvalue weighted by atomic mass is 79.9. The van der Waals surface area contributed by atoms with E-state index in [-0.39, 0.29) is 27.5 Å². The number of halogens is 5. The molecule has 198 valence electrons. The summed E-state index contributed by atoms with van der Waals surface area (Å²) in [5, 5.41) is 28.7. The van der Waals surface area contributed by atoms with Crippen molar-refractivity contribution in [3.05, 3.63) is 69.8 Å². The van der Waals surface area contributed by atoms with E-state index in [0.717, 1.165) is 5.56 Å². The Morgan fingerprint density at radius 2 is 1.82 bits per heavy atom. The van der Waals surface area contributed by atoms with Gasteiger partial charge in [0.05, 0.1) is 10.2 Å². The summed E-state index contributed by atoms with van der Waals surface area (Å²) in [7, 11) is 0. The van der Waals surface area contributed by atoms with Gasteiger partial charge in [-0.2, -0.15) is 13.2 Å². The van der Waals surface area contributed by atoms with Crippen LogP contribution < -0.4 is 10.8 Å². The van der Waals surface area contributed by atoms with Crippen molar-refractivity contribution in [3.63, 3.8) is 0 Å². The lowest BCUT2D eigenvalue weighted by molar-refractivity contribution is -0.192. The minimum Gasteiger partial charge on any atom is -0.475 e. The number of benzene rings is 1. The van der Waals surface area contributed by atoms with Gasteiger partial charge in [-0.25, -0.2) is 23.8 Å². The Morgan fingerprint density at radius 1 is 1.13 bits per heavy atom. The van der Waals surface area contributed by atoms with E-state index in [0.29, 0.717) is 10.7 Å². The Bertz CT molecular complexity index is 1460. The number of carboxylic acid groups (broad SMARTS) is 1. The van der Waals surface area contributed by atoms with Crippen molar-refractivity contribution < 1.29 is 42.1 Å². The van der Waals surface area contributed by atoms with Crippen LogP contribution in [-0.4, -0.2) is 54.5 Å². The molecule has 1 amide bonds. The van der Waals surface area contributed by atoms with Crippen LogP contribution in [0.3, 0.4) is 0 Å². The Labute approximate surface area is 221 Å². The van der Waals surface area contributed by atoms with Gasteiger partial charge in [0.1, 0.15) is 16.5 Å². The Hall–Kier alpha value is -4.29. The zero-order valence-corrected chi connectivity index (χ0v) is 20.7. The first-order valence-electron chi connectivity index (χ1n) is 9.73. The van der Waals surface area contributed by atoms with Crippen molar-refractivity contribution in [1.29, 1.82) is 0 Å². The molecule has 4 rings (SSSR count). The molecule has 1 aromatic carbocycles. The van der Waals surface area contributed by atoms with Crippen molar-refractivity contribution in [1.82, 2.24) is 25.8 Å². The third kappa shape index (κ3) is 7.37. The molecule has 0 fully saturated rings. The molecule has 0 unspecified atom stereocenters. The molecule has 0 saturated heterocycles. The number of nitrogens with one attached hydrogen (secondary N) is 2. The monoisotopic (exact) mass is 617 g/mol. The number of amides is 1. The van der Waals surface area contributed by atoms with Gasteiger partial charge < -0.3 is 10.4 Å². The summed E-state index contributed by atoms with van der Waals surface area (Å²) in [6.45, 7) is 0. The van der Waals surface area contributed by atoms with E-state index in [1.165, 1.54) is 29.5 Å². The van der Waals surface area contributed by atoms with Crippen LogP contribution in [0.5, 0.6) is 0 Å². The fourth-order valence-electron chi connectivity index (χ4n) is 2.42. The lowest BCUT2D eigenvalue weighted by atomic mass is 10.3. The van der Waals surface area contributed by atoms with E-state index < -0.39 is 23.9 Å². The minimum absolute atomic E-state index is 0.0686. The van der Waals surface area contributed by atoms with Gasteiger partial charge in [0.25, 0.3) is 5.91 Å². The van der Waals surface area contributed by atoms with E-state index in [1.54, 1.807) is 29.9 Å². The summed E-state index contributed by atoms with van der Waals surface area (Å²) in [5.74, 6) is -4.05. The second-order valence-electron chi connectivity index (χ2n) is 6.66. The summed E-state index contributed by atoms with van der Waals surface area (Å²) >= 11 is 4.35. The number of nitrogens with zero attached hydrogens (tertiary/aromatic N) is 5. The molecule has 4 N–H and O–H groups in total. The molecule has 3 heterocycles. The third-order valence-electron chi connectivity index (χ3n) is 4.10. The number of aromatic nitrogens is 4. The van der Waals surface area contributed by atoms with Crippen LogP contribution in [0, 0.1) is 5.82 Å². The zero-order chi connectivity index (χ0) is 27.9. The van der Waals surface area contributed by atoms with Crippen LogP contribution in [-0.2, 0) is 4.79 Å². The number of hydroxylamine groups is 1. The van der Waals surface area contributed by atoms with Crippen molar-refractivity contribution in [2.45, 2.75) is 6.18 Å². The molecule has 0 aliphatic carbocycles. The quantitative estimate of drug-likeness (QED) is 0.108. The molecule has 38 heavy (non-hydrogen) atoms. The number of alkyl halides is 3. The molecule has 12 nitrogen and oxygen atoms in total. The van der Waals surface area contributed by atoms with Crippen LogP contribution in [0.15, 0.2) is 62.2 Å². The minimum atomic E-state index is -5.08. The molecule has 3 aromatic heterocycles. The van der Waals surface area contributed by atoms with Crippen molar-refractivity contribution in [3.8, 4) is 10.6 Å². The van der Waals surface area contributed by atoms with E-state index in [9.17, 15) is 27.6 Å². The second kappa shape index (κ2) is 12.3. The fraction of sp³-hybridized carbons (Fsp3) is 0.0500. The number of anilines is 1. The van der Waals surface area contributed by atoms with Gasteiger partial charge in [-0.05, 0) is 56.6 Å². The standard InChI is InChI=1S/C18H11BrFN7O3S.C2HF3O2/c19-11-7-10(1-2-12(11)20)22-15(25-29)14-16(27-30-26-14)24-17(28)13-8-31-18(23-13)9-3-5-21-6-4-9;3-2(4,5)1(6)7/h1-8,29H,(H,22,25)(H,24,27,28);(H,6,7). The van der Waals surface area contributed by atoms with Gasteiger partial charge in [-0.1, -0.05) is 0 Å². The number of hydrogen-bond acceptors (Lipinski definition) is 10. The molecule has 18 heteroatoms. The number of aliphatic imine (C=N–C) groups is 1. The number of carboxylic acids is 1. The van der Waals surface area contributed by atoms with E-state index in [2.05, 4.69) is 51.1 Å². The number of hydrogen-bond donors (Lipinski definition) is 4. The molecular formula is C20H12BrF4N7O5S. The first kappa shape index (κ1) is 28.3. The maximum absolute atomic E-state index is 13.4. The normalized spacial score (nSPS) is 11.4. The predicted octanol–water partition coefficient (Wildman–Crippen LogP) is 4.43. The topological polar surface area (TPSA) is 176 Å². The van der Waals surface area contributed by atoms with Crippen molar-refractivity contribution in [2.24, 2.45) is 4.99 Å². The molecule has 4 aromatic rings. The average molecular weight is 618 g/mol. The number of carbonyl (C=O) groups is 2. The summed E-state index contributed by atoms with van der Waals surface area (Å²) in [6, 6.07) is 7.55. The number of carbonyl (C=O) groups excluding carboxylic acids is 1. The molecule has 0 atom stereocenters. The third-order valence-corrected chi connectivity index (χ3v) is 5.60. The van der Waals surface area contributed by atoms with Crippen LogP contribution >= 0.6 is 27.3 Å². The van der Waals surface area contributed by atoms with Gasteiger partial charge in [0.2, 0.25) is 5.82 Å². The first-order chi connectivity index (χ1) is 18.0. The molecule has 0 aliphatic rings.